The molecule has 0 saturated heterocycles. The van der Waals surface area contributed by atoms with Gasteiger partial charge in [-0.15, -0.1) is 16.4 Å². The van der Waals surface area contributed by atoms with Crippen LogP contribution in [0.3, 0.4) is 0 Å². The van der Waals surface area contributed by atoms with Crippen LogP contribution in [0.25, 0.3) is 0 Å². The Bertz CT molecular complexity index is 965. The molecular weight excluding hydrogens is 416 g/mol. The fraction of sp³-hybridized carbons (Fsp3) is 0.364. The largest absolute Gasteiger partial charge is 0.351 e. The fourth-order valence-electron chi connectivity index (χ4n) is 3.82. The normalized spacial score (nSPS) is 15.5. The molecule has 8 heteroatoms. The molecule has 0 bridgehead atoms. The van der Waals surface area contributed by atoms with E-state index in [2.05, 4.69) is 14.9 Å². The second-order valence-electron chi connectivity index (χ2n) is 7.56. The van der Waals surface area contributed by atoms with Crippen LogP contribution in [0.5, 0.6) is 0 Å². The number of anilines is 1. The summed E-state index contributed by atoms with van der Waals surface area (Å²) in [4.78, 5) is 29.4. The first-order valence-electron chi connectivity index (χ1n) is 10.1. The van der Waals surface area contributed by atoms with Gasteiger partial charge in [0.2, 0.25) is 5.91 Å². The van der Waals surface area contributed by atoms with Gasteiger partial charge in [0, 0.05) is 22.0 Å². The number of nitrogens with zero attached hydrogens (tertiary/aromatic N) is 3. The number of carbonyl (C=O) groups excluding carboxylic acids is 2. The third-order valence-electron chi connectivity index (χ3n) is 5.38. The lowest BCUT2D eigenvalue weighted by Gasteiger charge is -2.32. The molecule has 2 amide bonds. The molecule has 3 aromatic rings. The number of aryl methyl sites for hydroxylation is 1. The molecule has 0 radical (unpaired) electrons. The molecule has 1 fully saturated rings. The highest BCUT2D eigenvalue weighted by atomic mass is 32.1. The summed E-state index contributed by atoms with van der Waals surface area (Å²) in [6.07, 6.45) is 5.43. The van der Waals surface area contributed by atoms with Gasteiger partial charge in [0.05, 0.1) is 0 Å². The van der Waals surface area contributed by atoms with Gasteiger partial charge in [-0.1, -0.05) is 47.5 Å². The molecule has 1 unspecified atom stereocenters. The summed E-state index contributed by atoms with van der Waals surface area (Å²) in [7, 11) is 0. The van der Waals surface area contributed by atoms with E-state index in [0.29, 0.717) is 5.69 Å². The first-order chi connectivity index (χ1) is 14.6. The van der Waals surface area contributed by atoms with E-state index < -0.39 is 6.04 Å². The summed E-state index contributed by atoms with van der Waals surface area (Å²) in [6.45, 7) is 1.99. The van der Waals surface area contributed by atoms with Crippen molar-refractivity contribution in [2.24, 2.45) is 0 Å². The predicted octanol–water partition coefficient (Wildman–Crippen LogP) is 4.75. The van der Waals surface area contributed by atoms with Crippen LogP contribution in [0.4, 0.5) is 5.69 Å². The summed E-state index contributed by atoms with van der Waals surface area (Å²) in [6, 6.07) is 10.8. The smallest absolute Gasteiger partial charge is 0.280 e. The van der Waals surface area contributed by atoms with Gasteiger partial charge < -0.3 is 5.32 Å². The van der Waals surface area contributed by atoms with Gasteiger partial charge in [-0.05, 0) is 54.9 Å². The van der Waals surface area contributed by atoms with E-state index in [-0.39, 0.29) is 23.6 Å². The summed E-state index contributed by atoms with van der Waals surface area (Å²) < 4.78 is 3.84. The van der Waals surface area contributed by atoms with Crippen molar-refractivity contribution < 1.29 is 9.59 Å². The highest BCUT2D eigenvalue weighted by molar-refractivity contribution is 7.10. The van der Waals surface area contributed by atoms with Crippen molar-refractivity contribution in [3.05, 3.63) is 63.3 Å². The lowest BCUT2D eigenvalue weighted by atomic mass is 9.95. The Balaban J connectivity index is 1.73. The minimum absolute atomic E-state index is 0.151. The Morgan fingerprint density at radius 2 is 1.90 bits per heavy atom. The first-order valence-corrected chi connectivity index (χ1v) is 11.9. The standard InChI is InChI=1S/C22H24N4O2S2/c1-15-9-11-17(12-10-15)26(22(28)18-14-30-25-24-18)20(19-8-5-13-29-19)21(27)23-16-6-3-2-4-7-16/h5,8-14,16,20H,2-4,6-7H2,1H3,(H,23,27). The molecule has 6 nitrogen and oxygen atoms in total. The Labute approximate surface area is 184 Å². The highest BCUT2D eigenvalue weighted by Crippen LogP contribution is 2.33. The number of amides is 2. The summed E-state index contributed by atoms with van der Waals surface area (Å²) >= 11 is 2.60. The fourth-order valence-corrected chi connectivity index (χ4v) is 5.06. The van der Waals surface area contributed by atoms with Crippen LogP contribution < -0.4 is 10.2 Å². The molecule has 0 aliphatic heterocycles. The van der Waals surface area contributed by atoms with Crippen LogP contribution in [-0.4, -0.2) is 27.4 Å². The monoisotopic (exact) mass is 440 g/mol. The molecule has 156 valence electrons. The molecule has 30 heavy (non-hydrogen) atoms. The van der Waals surface area contributed by atoms with Gasteiger partial charge in [-0.25, -0.2) is 0 Å². The van der Waals surface area contributed by atoms with E-state index in [1.165, 1.54) is 17.8 Å². The van der Waals surface area contributed by atoms with Gasteiger partial charge in [0.1, 0.15) is 0 Å². The number of aromatic nitrogens is 2. The van der Waals surface area contributed by atoms with Crippen molar-refractivity contribution in [2.45, 2.75) is 51.1 Å². The quantitative estimate of drug-likeness (QED) is 0.600. The third-order valence-corrected chi connectivity index (χ3v) is 6.81. The van der Waals surface area contributed by atoms with Crippen molar-refractivity contribution in [2.75, 3.05) is 4.90 Å². The molecule has 1 aromatic carbocycles. The predicted molar refractivity (Wildman–Crippen MR) is 120 cm³/mol. The number of nitrogens with one attached hydrogen (secondary N) is 1. The number of rotatable bonds is 6. The van der Waals surface area contributed by atoms with E-state index in [4.69, 9.17) is 0 Å². The number of hydrogen-bond acceptors (Lipinski definition) is 6. The summed E-state index contributed by atoms with van der Waals surface area (Å²) in [5, 5.41) is 10.7. The summed E-state index contributed by atoms with van der Waals surface area (Å²) in [5.41, 5.74) is 1.99. The lowest BCUT2D eigenvalue weighted by Crippen LogP contribution is -2.47. The van der Waals surface area contributed by atoms with Crippen molar-refractivity contribution in [3.8, 4) is 0 Å². The molecule has 1 atom stereocenters. The minimum atomic E-state index is -0.760. The van der Waals surface area contributed by atoms with E-state index in [0.717, 1.165) is 47.7 Å². The Morgan fingerprint density at radius 1 is 1.13 bits per heavy atom. The van der Waals surface area contributed by atoms with Crippen LogP contribution in [0.15, 0.2) is 47.2 Å². The van der Waals surface area contributed by atoms with Crippen LogP contribution in [0.2, 0.25) is 0 Å². The molecule has 0 spiro atoms. The zero-order valence-corrected chi connectivity index (χ0v) is 18.4. The van der Waals surface area contributed by atoms with Crippen LogP contribution in [-0.2, 0) is 4.79 Å². The van der Waals surface area contributed by atoms with Gasteiger partial charge >= 0.3 is 0 Å². The number of hydrogen-bond donors (Lipinski definition) is 1. The average molecular weight is 441 g/mol. The number of carbonyl (C=O) groups is 2. The van der Waals surface area contributed by atoms with E-state index in [9.17, 15) is 9.59 Å². The van der Waals surface area contributed by atoms with Crippen LogP contribution in [0, 0.1) is 6.92 Å². The third kappa shape index (κ3) is 4.60. The molecule has 1 N–H and O–H groups in total. The second kappa shape index (κ2) is 9.49. The van der Waals surface area contributed by atoms with Crippen LogP contribution >= 0.6 is 22.9 Å². The first kappa shape index (κ1) is 20.7. The maximum absolute atomic E-state index is 13.5. The Hall–Kier alpha value is -2.58. The average Bonchev–Trinajstić information content (AvgIpc) is 3.47. The zero-order chi connectivity index (χ0) is 20.9. The Kier molecular flexibility index (Phi) is 6.54. The zero-order valence-electron chi connectivity index (χ0n) is 16.8. The van der Waals surface area contributed by atoms with E-state index in [1.54, 1.807) is 10.3 Å². The molecule has 4 rings (SSSR count). The molecule has 1 saturated carbocycles. The van der Waals surface area contributed by atoms with Gasteiger partial charge in [0.15, 0.2) is 11.7 Å². The highest BCUT2D eigenvalue weighted by Gasteiger charge is 2.36. The van der Waals surface area contributed by atoms with E-state index >= 15 is 0 Å². The van der Waals surface area contributed by atoms with Gasteiger partial charge in [-0.3, -0.25) is 14.5 Å². The van der Waals surface area contributed by atoms with Crippen molar-refractivity contribution in [1.82, 2.24) is 14.9 Å². The SMILES string of the molecule is Cc1ccc(N(C(=O)c2csnn2)C(C(=O)NC2CCCCC2)c2cccs2)cc1. The molecule has 2 heterocycles. The molecule has 1 aliphatic carbocycles. The van der Waals surface area contributed by atoms with Crippen molar-refractivity contribution in [3.63, 3.8) is 0 Å². The van der Waals surface area contributed by atoms with Gasteiger partial charge in [0.25, 0.3) is 5.91 Å². The second-order valence-corrected chi connectivity index (χ2v) is 9.15. The molecule has 2 aromatic heterocycles. The minimum Gasteiger partial charge on any atom is -0.351 e. The van der Waals surface area contributed by atoms with Crippen LogP contribution in [0.1, 0.15) is 59.1 Å². The maximum atomic E-state index is 13.5. The molecule has 1 aliphatic rings. The lowest BCUT2D eigenvalue weighted by molar-refractivity contribution is -0.123. The number of thiophene rings is 1. The topological polar surface area (TPSA) is 75.2 Å². The maximum Gasteiger partial charge on any atom is 0.280 e. The Morgan fingerprint density at radius 3 is 2.53 bits per heavy atom. The molecular formula is C22H24N4O2S2. The van der Waals surface area contributed by atoms with Crippen molar-refractivity contribution >= 4 is 40.4 Å². The van der Waals surface area contributed by atoms with Crippen molar-refractivity contribution in [1.29, 1.82) is 0 Å². The summed E-state index contributed by atoms with van der Waals surface area (Å²) in [5.74, 6) is -0.480. The number of benzene rings is 1. The van der Waals surface area contributed by atoms with E-state index in [1.807, 2.05) is 48.7 Å². The van der Waals surface area contributed by atoms with Gasteiger partial charge in [-0.2, -0.15) is 0 Å².